The molecule has 0 aliphatic carbocycles. The van der Waals surface area contributed by atoms with Gasteiger partial charge in [-0.25, -0.2) is 0 Å². The molecule has 74 valence electrons. The smallest absolute Gasteiger partial charge is 0.406 e. The maximum absolute atomic E-state index is 11.8. The van der Waals surface area contributed by atoms with Crippen LogP contribution in [0.1, 0.15) is 13.8 Å². The van der Waals surface area contributed by atoms with Crippen LogP contribution in [0.5, 0.6) is 0 Å². The van der Waals surface area contributed by atoms with Crippen molar-refractivity contribution in [3.63, 3.8) is 0 Å². The maximum atomic E-state index is 11.8. The Balaban J connectivity index is 4.55. The van der Waals surface area contributed by atoms with Crippen molar-refractivity contribution in [2.24, 2.45) is 0 Å². The van der Waals surface area contributed by atoms with Crippen molar-refractivity contribution in [3.05, 3.63) is 36.1 Å². The van der Waals surface area contributed by atoms with E-state index in [0.717, 1.165) is 0 Å². The van der Waals surface area contributed by atoms with Crippen molar-refractivity contribution >= 4 is 0 Å². The Morgan fingerprint density at radius 1 is 1.38 bits per heavy atom. The van der Waals surface area contributed by atoms with E-state index in [-0.39, 0.29) is 11.3 Å². The van der Waals surface area contributed by atoms with E-state index in [0.29, 0.717) is 0 Å². The number of allylic oxidation sites excluding steroid dienone is 4. The molecular weight excluding hydrogens is 181 g/mol. The Bertz CT molecular complexity index is 236. The van der Waals surface area contributed by atoms with Gasteiger partial charge >= 0.3 is 6.36 Å². The van der Waals surface area contributed by atoms with Crippen molar-refractivity contribution in [2.45, 2.75) is 20.2 Å². The van der Waals surface area contributed by atoms with E-state index in [4.69, 9.17) is 0 Å². The molecule has 13 heavy (non-hydrogen) atoms. The van der Waals surface area contributed by atoms with Crippen molar-refractivity contribution in [3.8, 4) is 0 Å². The molecule has 0 saturated heterocycles. The first-order valence-electron chi connectivity index (χ1n) is 3.61. The molecule has 0 bridgehead atoms. The Morgan fingerprint density at radius 2 is 1.92 bits per heavy atom. The van der Waals surface area contributed by atoms with E-state index in [1.54, 1.807) is 13.0 Å². The second-order valence-electron chi connectivity index (χ2n) is 2.38. The highest BCUT2D eigenvalue weighted by molar-refractivity contribution is 5.24. The Morgan fingerprint density at radius 3 is 2.23 bits per heavy atom. The molecule has 0 aliphatic rings. The van der Waals surface area contributed by atoms with E-state index >= 15 is 0 Å². The van der Waals surface area contributed by atoms with Gasteiger partial charge in [0.15, 0.2) is 0 Å². The van der Waals surface area contributed by atoms with Gasteiger partial charge in [-0.3, -0.25) is 0 Å². The molecule has 4 heteroatoms. The second-order valence-corrected chi connectivity index (χ2v) is 2.38. The van der Waals surface area contributed by atoms with Crippen LogP contribution in [0.15, 0.2) is 36.1 Å². The van der Waals surface area contributed by atoms with Crippen LogP contribution >= 0.6 is 0 Å². The van der Waals surface area contributed by atoms with Gasteiger partial charge in [-0.15, -0.1) is 13.2 Å². The van der Waals surface area contributed by atoms with E-state index in [2.05, 4.69) is 11.3 Å². The number of ether oxygens (including phenoxy) is 1. The zero-order valence-electron chi connectivity index (χ0n) is 7.48. The lowest BCUT2D eigenvalue weighted by atomic mass is 10.2. The maximum Gasteiger partial charge on any atom is 0.573 e. The van der Waals surface area contributed by atoms with E-state index in [9.17, 15) is 13.2 Å². The summed E-state index contributed by atoms with van der Waals surface area (Å²) in [5.74, 6) is -0.273. The third-order valence-electron chi connectivity index (χ3n) is 1.09. The highest BCUT2D eigenvalue weighted by atomic mass is 19.4. The van der Waals surface area contributed by atoms with Gasteiger partial charge in [0.1, 0.15) is 5.76 Å². The van der Waals surface area contributed by atoms with Gasteiger partial charge in [-0.05, 0) is 25.5 Å². The van der Waals surface area contributed by atoms with Crippen LogP contribution in [0.3, 0.4) is 0 Å². The summed E-state index contributed by atoms with van der Waals surface area (Å²) in [5.41, 5.74) is 0.232. The van der Waals surface area contributed by atoms with Crippen molar-refractivity contribution in [2.75, 3.05) is 0 Å². The average Bonchev–Trinajstić information content (AvgIpc) is 1.95. The molecule has 0 unspecified atom stereocenters. The summed E-state index contributed by atoms with van der Waals surface area (Å²) in [6.07, 6.45) is -0.388. The lowest BCUT2D eigenvalue weighted by Crippen LogP contribution is -2.13. The van der Waals surface area contributed by atoms with Crippen LogP contribution in [0.25, 0.3) is 0 Å². The minimum atomic E-state index is -4.66. The van der Waals surface area contributed by atoms with Crippen molar-refractivity contribution in [1.82, 2.24) is 0 Å². The SMILES string of the molecule is C=C(C)/C(=C\C=C/C)OC(F)(F)F. The van der Waals surface area contributed by atoms with E-state index in [1.807, 2.05) is 0 Å². The zero-order valence-corrected chi connectivity index (χ0v) is 7.48. The zero-order chi connectivity index (χ0) is 10.5. The fourth-order valence-electron chi connectivity index (χ4n) is 0.572. The van der Waals surface area contributed by atoms with Gasteiger partial charge in [0, 0.05) is 0 Å². The fourth-order valence-corrected chi connectivity index (χ4v) is 0.572. The summed E-state index contributed by atoms with van der Waals surface area (Å²) in [4.78, 5) is 0. The number of rotatable bonds is 3. The molecule has 0 aromatic rings. The number of hydrogen-bond acceptors (Lipinski definition) is 1. The normalized spacial score (nSPS) is 13.5. The number of alkyl halides is 3. The Hall–Kier alpha value is -1.19. The van der Waals surface area contributed by atoms with E-state index in [1.165, 1.54) is 19.1 Å². The highest BCUT2D eigenvalue weighted by Gasteiger charge is 2.31. The number of hydrogen-bond donors (Lipinski definition) is 0. The number of halogens is 3. The van der Waals surface area contributed by atoms with Crippen molar-refractivity contribution < 1.29 is 17.9 Å². The highest BCUT2D eigenvalue weighted by Crippen LogP contribution is 2.23. The third kappa shape index (κ3) is 6.02. The summed E-state index contributed by atoms with van der Waals surface area (Å²) in [7, 11) is 0. The van der Waals surface area contributed by atoms with Crippen LogP contribution < -0.4 is 0 Å². The third-order valence-corrected chi connectivity index (χ3v) is 1.09. The minimum absolute atomic E-state index is 0.232. The van der Waals surface area contributed by atoms with Gasteiger partial charge in [0.2, 0.25) is 0 Å². The van der Waals surface area contributed by atoms with E-state index < -0.39 is 6.36 Å². The minimum Gasteiger partial charge on any atom is -0.406 e. The summed E-state index contributed by atoms with van der Waals surface area (Å²) < 4.78 is 39.0. The second kappa shape index (κ2) is 4.74. The molecule has 0 amide bonds. The van der Waals surface area contributed by atoms with Gasteiger partial charge < -0.3 is 4.74 Å². The summed E-state index contributed by atoms with van der Waals surface area (Å²) in [5, 5.41) is 0. The molecule has 0 heterocycles. The average molecular weight is 192 g/mol. The topological polar surface area (TPSA) is 9.23 Å². The van der Waals surface area contributed by atoms with Crippen LogP contribution in [-0.2, 0) is 4.74 Å². The first kappa shape index (κ1) is 11.8. The van der Waals surface area contributed by atoms with Gasteiger partial charge in [0.25, 0.3) is 0 Å². The summed E-state index contributed by atoms with van der Waals surface area (Å²) in [6.45, 7) is 6.51. The van der Waals surface area contributed by atoms with Crippen molar-refractivity contribution in [1.29, 1.82) is 0 Å². The lowest BCUT2D eigenvalue weighted by Gasteiger charge is -2.11. The monoisotopic (exact) mass is 192 g/mol. The first-order chi connectivity index (χ1) is 5.87. The van der Waals surface area contributed by atoms with Crippen LogP contribution in [0, 0.1) is 0 Å². The van der Waals surface area contributed by atoms with Crippen LogP contribution in [0.2, 0.25) is 0 Å². The largest absolute Gasteiger partial charge is 0.573 e. The molecule has 0 rings (SSSR count). The molecule has 0 fully saturated rings. The molecule has 0 aromatic heterocycles. The van der Waals surface area contributed by atoms with Gasteiger partial charge in [0.05, 0.1) is 0 Å². The molecule has 0 radical (unpaired) electrons. The van der Waals surface area contributed by atoms with Gasteiger partial charge in [-0.1, -0.05) is 18.7 Å². The molecule has 0 spiro atoms. The quantitative estimate of drug-likeness (QED) is 0.490. The fraction of sp³-hybridized carbons (Fsp3) is 0.333. The summed E-state index contributed by atoms with van der Waals surface area (Å²) >= 11 is 0. The van der Waals surface area contributed by atoms with Crippen LogP contribution in [0.4, 0.5) is 13.2 Å². The first-order valence-corrected chi connectivity index (χ1v) is 3.61. The van der Waals surface area contributed by atoms with Crippen LogP contribution in [-0.4, -0.2) is 6.36 Å². The van der Waals surface area contributed by atoms with Gasteiger partial charge in [-0.2, -0.15) is 0 Å². The molecule has 0 aromatic carbocycles. The Labute approximate surface area is 75.2 Å². The molecule has 0 aliphatic heterocycles. The molecule has 0 N–H and O–H groups in total. The lowest BCUT2D eigenvalue weighted by molar-refractivity contribution is -0.303. The molecule has 0 atom stereocenters. The summed E-state index contributed by atoms with van der Waals surface area (Å²) in [6, 6.07) is 0. The molecule has 0 saturated carbocycles. The molecule has 1 nitrogen and oxygen atoms in total. The standard InChI is InChI=1S/C9H11F3O/c1-4-5-6-8(7(2)3)13-9(10,11)12/h4-6H,2H2,1,3H3/b5-4-,8-6+. The predicted octanol–water partition coefficient (Wildman–Crippen LogP) is 3.56. The molecular formula is C9H11F3O. The predicted molar refractivity (Wildman–Crippen MR) is 44.9 cm³/mol. The Kier molecular flexibility index (Phi) is 4.31.